The fourth-order valence-electron chi connectivity index (χ4n) is 3.11. The summed E-state index contributed by atoms with van der Waals surface area (Å²) in [5.74, 6) is -0.514. The van der Waals surface area contributed by atoms with Crippen LogP contribution in [0.4, 0.5) is 0 Å². The van der Waals surface area contributed by atoms with Crippen LogP contribution in [0.25, 0.3) is 0 Å². The van der Waals surface area contributed by atoms with E-state index in [1.807, 2.05) is 12.2 Å². The molecule has 218 valence electrons. The fraction of sp³-hybridized carbons (Fsp3) is 0.621. The minimum atomic E-state index is -4.27. The van der Waals surface area contributed by atoms with E-state index in [9.17, 15) is 19.4 Å². The molecule has 0 aromatic rings. The molecule has 0 amide bonds. The van der Waals surface area contributed by atoms with E-state index in [1.165, 1.54) is 44.9 Å². The van der Waals surface area contributed by atoms with Crippen LogP contribution in [-0.4, -0.2) is 48.4 Å². The quantitative estimate of drug-likeness (QED) is 0.0506. The highest BCUT2D eigenvalue weighted by Gasteiger charge is 2.22. The van der Waals surface area contributed by atoms with Crippen LogP contribution in [0.5, 0.6) is 0 Å². The molecule has 38 heavy (non-hydrogen) atoms. The smallest absolute Gasteiger partial charge is 0.463 e. The van der Waals surface area contributed by atoms with E-state index in [0.717, 1.165) is 19.3 Å². The molecule has 0 aliphatic carbocycles. The van der Waals surface area contributed by atoms with Crippen molar-refractivity contribution in [2.24, 2.45) is 5.73 Å². The van der Waals surface area contributed by atoms with Crippen LogP contribution in [0.3, 0.4) is 0 Å². The molecular weight excluding hydrogens is 505 g/mol. The molecule has 0 saturated heterocycles. The molecule has 0 aromatic heterocycles. The second kappa shape index (κ2) is 26.8. The first-order valence-electron chi connectivity index (χ1n) is 13.8. The number of rotatable bonds is 25. The largest absolute Gasteiger partial charge is 0.472 e. The van der Waals surface area contributed by atoms with Crippen LogP contribution >= 0.6 is 7.82 Å². The molecule has 0 bridgehead atoms. The zero-order valence-corrected chi connectivity index (χ0v) is 24.0. The maximum Gasteiger partial charge on any atom is 0.472 e. The third-order valence-electron chi connectivity index (χ3n) is 5.17. The van der Waals surface area contributed by atoms with Gasteiger partial charge in [0, 0.05) is 6.54 Å². The van der Waals surface area contributed by atoms with E-state index in [1.54, 1.807) is 6.08 Å². The Kier molecular flexibility index (Phi) is 25.5. The minimum Gasteiger partial charge on any atom is -0.463 e. The first kappa shape index (κ1) is 36.2. The van der Waals surface area contributed by atoms with Crippen molar-refractivity contribution in [3.05, 3.63) is 60.8 Å². The minimum absolute atomic E-state index is 0.0596. The van der Waals surface area contributed by atoms with E-state index in [2.05, 4.69) is 58.5 Å². The molecule has 9 heteroatoms. The summed E-state index contributed by atoms with van der Waals surface area (Å²) in [6.45, 7) is 1.31. The Morgan fingerprint density at radius 1 is 0.789 bits per heavy atom. The number of phosphoric ester groups is 1. The Balaban J connectivity index is 3.70. The molecule has 0 aliphatic rings. The lowest BCUT2D eigenvalue weighted by atomic mass is 10.1. The highest BCUT2D eigenvalue weighted by molar-refractivity contribution is 7.47. The van der Waals surface area contributed by atoms with E-state index in [0.29, 0.717) is 6.42 Å². The Labute approximate surface area is 229 Å². The first-order valence-corrected chi connectivity index (χ1v) is 15.3. The number of aliphatic hydroxyl groups excluding tert-OH is 1. The molecule has 0 radical (unpaired) electrons. The van der Waals surface area contributed by atoms with Crippen molar-refractivity contribution in [3.63, 3.8) is 0 Å². The van der Waals surface area contributed by atoms with Crippen molar-refractivity contribution in [2.75, 3.05) is 26.4 Å². The van der Waals surface area contributed by atoms with Crippen LogP contribution in [0, 0.1) is 0 Å². The first-order chi connectivity index (χ1) is 18.4. The van der Waals surface area contributed by atoms with Gasteiger partial charge in [-0.2, -0.15) is 0 Å². The number of hydrogen-bond acceptors (Lipinski definition) is 7. The van der Waals surface area contributed by atoms with Crippen molar-refractivity contribution in [1.82, 2.24) is 0 Å². The van der Waals surface area contributed by atoms with Gasteiger partial charge < -0.3 is 20.5 Å². The number of hydrogen-bond donors (Lipinski definition) is 3. The maximum atomic E-state index is 11.7. The average Bonchev–Trinajstić information content (AvgIpc) is 2.90. The van der Waals surface area contributed by atoms with Crippen LogP contribution in [0.2, 0.25) is 0 Å². The summed E-state index contributed by atoms with van der Waals surface area (Å²) in [6.07, 6.45) is 32.5. The van der Waals surface area contributed by atoms with Gasteiger partial charge >= 0.3 is 13.8 Å². The van der Waals surface area contributed by atoms with Gasteiger partial charge in [-0.05, 0) is 38.5 Å². The van der Waals surface area contributed by atoms with Gasteiger partial charge in [0.1, 0.15) is 12.7 Å². The summed E-state index contributed by atoms with van der Waals surface area (Å²) in [6, 6.07) is 0. The second-order valence-electron chi connectivity index (χ2n) is 8.78. The van der Waals surface area contributed by atoms with Crippen molar-refractivity contribution in [1.29, 1.82) is 0 Å². The summed E-state index contributed by atoms with van der Waals surface area (Å²) >= 11 is 0. The van der Waals surface area contributed by atoms with Gasteiger partial charge in [-0.25, -0.2) is 4.57 Å². The van der Waals surface area contributed by atoms with Gasteiger partial charge in [-0.1, -0.05) is 99.8 Å². The molecule has 0 saturated carbocycles. The normalized spacial score (nSPS) is 14.9. The molecule has 1 unspecified atom stereocenters. The number of carbonyl (C=O) groups excluding carboxylic acids is 1. The molecule has 0 aromatic carbocycles. The molecule has 8 nitrogen and oxygen atoms in total. The Morgan fingerprint density at radius 3 is 1.89 bits per heavy atom. The third-order valence-corrected chi connectivity index (χ3v) is 6.15. The maximum absolute atomic E-state index is 11.7. The van der Waals surface area contributed by atoms with Gasteiger partial charge in [0.05, 0.1) is 19.6 Å². The number of carbonyl (C=O) groups is 1. The van der Waals surface area contributed by atoms with Crippen LogP contribution < -0.4 is 5.73 Å². The van der Waals surface area contributed by atoms with E-state index < -0.39 is 26.5 Å². The van der Waals surface area contributed by atoms with Gasteiger partial charge in [0.15, 0.2) is 0 Å². The lowest BCUT2D eigenvalue weighted by molar-refractivity contribution is -0.146. The molecule has 4 N–H and O–H groups in total. The van der Waals surface area contributed by atoms with Gasteiger partial charge in [0.25, 0.3) is 0 Å². The van der Waals surface area contributed by atoms with E-state index in [-0.39, 0.29) is 26.2 Å². The average molecular weight is 556 g/mol. The van der Waals surface area contributed by atoms with Crippen molar-refractivity contribution < 1.29 is 33.1 Å². The highest BCUT2D eigenvalue weighted by atomic mass is 31.2. The van der Waals surface area contributed by atoms with Crippen molar-refractivity contribution in [2.45, 2.75) is 90.1 Å². The van der Waals surface area contributed by atoms with Crippen molar-refractivity contribution >= 4 is 13.8 Å². The Morgan fingerprint density at radius 2 is 1.32 bits per heavy atom. The number of allylic oxidation sites excluding steroid dienone is 9. The lowest BCUT2D eigenvalue weighted by Gasteiger charge is -2.14. The second-order valence-corrected chi connectivity index (χ2v) is 10.2. The number of aliphatic hydroxyl groups is 1. The van der Waals surface area contributed by atoms with Gasteiger partial charge in [-0.3, -0.25) is 13.8 Å². The number of nitrogens with two attached hydrogens (primary N) is 1. The number of ether oxygens (including phenoxy) is 1. The predicted molar refractivity (Wildman–Crippen MR) is 155 cm³/mol. The molecule has 0 fully saturated rings. The Bertz CT molecular complexity index is 762. The summed E-state index contributed by atoms with van der Waals surface area (Å²) in [4.78, 5) is 21.0. The molecule has 0 heterocycles. The fourth-order valence-corrected chi connectivity index (χ4v) is 3.88. The summed E-state index contributed by atoms with van der Waals surface area (Å²) in [5.41, 5.74) is 5.17. The molecule has 0 spiro atoms. The van der Waals surface area contributed by atoms with Crippen LogP contribution in [-0.2, 0) is 23.1 Å². The standard InChI is InChI=1S/C29H50NO7P/c1-2-3-4-5-6-7-8-9-10-11-12-13-14-15-16-17-18-19-20-21-22-23-29(32)35-26-28(31)27-37-38(33,34)36-25-24-30/h9-10,12-13,15-16,18-19,21-22,28,31H,2-8,11,14,17,20,23-27,30H2,1H3,(H,33,34)/t28-/m1/s1. The van der Waals surface area contributed by atoms with Crippen molar-refractivity contribution in [3.8, 4) is 0 Å². The lowest BCUT2D eigenvalue weighted by Crippen LogP contribution is -2.23. The SMILES string of the molecule is CCCCCCCCC=CCC=CCC=CCC=CCC=CCC(=O)OC[C@@H](O)COP(=O)(O)OCCN. The highest BCUT2D eigenvalue weighted by Crippen LogP contribution is 2.42. The molecule has 0 rings (SSSR count). The number of phosphoric acid groups is 1. The summed E-state index contributed by atoms with van der Waals surface area (Å²) < 4.78 is 25.5. The molecule has 0 aliphatic heterocycles. The van der Waals surface area contributed by atoms with Gasteiger partial charge in [0.2, 0.25) is 0 Å². The molecule has 2 atom stereocenters. The van der Waals surface area contributed by atoms with Crippen LogP contribution in [0.15, 0.2) is 60.8 Å². The molecular formula is C29H50NO7P. The number of unbranched alkanes of at least 4 members (excludes halogenated alkanes) is 6. The van der Waals surface area contributed by atoms with Gasteiger partial charge in [-0.15, -0.1) is 0 Å². The Hall–Kier alpha value is -1.80. The topological polar surface area (TPSA) is 128 Å². The monoisotopic (exact) mass is 555 g/mol. The van der Waals surface area contributed by atoms with Crippen LogP contribution in [0.1, 0.15) is 84.0 Å². The summed E-state index contributed by atoms with van der Waals surface area (Å²) in [5, 5.41) is 9.68. The number of esters is 1. The summed E-state index contributed by atoms with van der Waals surface area (Å²) in [7, 11) is -4.27. The van der Waals surface area contributed by atoms with E-state index in [4.69, 9.17) is 10.5 Å². The zero-order valence-electron chi connectivity index (χ0n) is 23.1. The zero-order chi connectivity index (χ0) is 28.2. The van der Waals surface area contributed by atoms with E-state index >= 15 is 0 Å². The third kappa shape index (κ3) is 27.2. The predicted octanol–water partition coefficient (Wildman–Crippen LogP) is 6.46.